The fraction of sp³-hybridized carbons (Fsp3) is 0.316. The first-order chi connectivity index (χ1) is 23.6. The highest BCUT2D eigenvalue weighted by atomic mass is 35.5. The molecule has 0 radical (unpaired) electrons. The van der Waals surface area contributed by atoms with Gasteiger partial charge in [-0.2, -0.15) is 0 Å². The summed E-state index contributed by atoms with van der Waals surface area (Å²) in [5.41, 5.74) is 2.71. The van der Waals surface area contributed by atoms with Gasteiger partial charge in [-0.1, -0.05) is 90.7 Å². The SMILES string of the molecule is COc1ccc(S(=O)(=O)N(CC(=O)N(Cc2ccccc2Cl)[C@@H](Cc2ccccc2)C(=O)NC2CCCC2)c2ccc(C)cc2)cc1OC. The molecule has 1 atom stereocenters. The Labute approximate surface area is 293 Å². The maximum Gasteiger partial charge on any atom is 0.264 e. The number of carbonyl (C=O) groups is 2. The lowest BCUT2D eigenvalue weighted by Crippen LogP contribution is -2.54. The van der Waals surface area contributed by atoms with Gasteiger partial charge in [-0.3, -0.25) is 13.9 Å². The van der Waals surface area contributed by atoms with Crippen LogP contribution in [0.2, 0.25) is 5.02 Å². The van der Waals surface area contributed by atoms with Crippen LogP contribution in [-0.4, -0.2) is 58.0 Å². The van der Waals surface area contributed by atoms with Crippen molar-refractivity contribution < 1.29 is 27.5 Å². The van der Waals surface area contributed by atoms with Crippen molar-refractivity contribution in [1.29, 1.82) is 0 Å². The van der Waals surface area contributed by atoms with Crippen molar-refractivity contribution >= 4 is 39.1 Å². The van der Waals surface area contributed by atoms with Crippen LogP contribution in [0, 0.1) is 6.92 Å². The second kappa shape index (κ2) is 16.2. The number of aryl methyl sites for hydroxylation is 1. The fourth-order valence-electron chi connectivity index (χ4n) is 6.08. The molecule has 9 nitrogen and oxygen atoms in total. The zero-order valence-corrected chi connectivity index (χ0v) is 29.5. The quantitative estimate of drug-likeness (QED) is 0.160. The second-order valence-electron chi connectivity index (χ2n) is 12.2. The van der Waals surface area contributed by atoms with Crippen molar-refractivity contribution in [3.05, 3.63) is 119 Å². The molecule has 0 saturated heterocycles. The first-order valence-corrected chi connectivity index (χ1v) is 18.1. The summed E-state index contributed by atoms with van der Waals surface area (Å²) in [6, 6.07) is 26.9. The smallest absolute Gasteiger partial charge is 0.264 e. The van der Waals surface area contributed by atoms with E-state index in [9.17, 15) is 18.0 Å². The summed E-state index contributed by atoms with van der Waals surface area (Å²) in [5, 5.41) is 3.62. The monoisotopic (exact) mass is 703 g/mol. The van der Waals surface area contributed by atoms with Crippen molar-refractivity contribution in [2.24, 2.45) is 0 Å². The molecule has 5 rings (SSSR count). The molecule has 1 aliphatic rings. The summed E-state index contributed by atoms with van der Waals surface area (Å²) in [6.07, 6.45) is 4.01. The molecule has 0 heterocycles. The van der Waals surface area contributed by atoms with Crippen LogP contribution in [0.25, 0.3) is 0 Å². The maximum absolute atomic E-state index is 14.7. The average Bonchev–Trinajstić information content (AvgIpc) is 3.63. The van der Waals surface area contributed by atoms with E-state index in [1.165, 1.54) is 37.3 Å². The Kier molecular flexibility index (Phi) is 11.9. The van der Waals surface area contributed by atoms with E-state index < -0.39 is 28.5 Å². The van der Waals surface area contributed by atoms with E-state index in [-0.39, 0.29) is 35.6 Å². The van der Waals surface area contributed by atoms with E-state index in [0.29, 0.717) is 22.0 Å². The zero-order chi connectivity index (χ0) is 35.0. The van der Waals surface area contributed by atoms with E-state index in [1.54, 1.807) is 42.5 Å². The average molecular weight is 704 g/mol. The number of carbonyl (C=O) groups excluding carboxylic acids is 2. The number of halogens is 1. The molecule has 2 amide bonds. The zero-order valence-electron chi connectivity index (χ0n) is 28.0. The number of nitrogens with zero attached hydrogens (tertiary/aromatic N) is 2. The minimum absolute atomic E-state index is 0.00770. The molecule has 4 aromatic rings. The molecular formula is C38H42ClN3O6S. The van der Waals surface area contributed by atoms with Gasteiger partial charge >= 0.3 is 0 Å². The minimum atomic E-state index is -4.33. The van der Waals surface area contributed by atoms with Crippen LogP contribution in [0.5, 0.6) is 11.5 Å². The number of methoxy groups -OCH3 is 2. The Morgan fingerprint density at radius 2 is 1.53 bits per heavy atom. The van der Waals surface area contributed by atoms with Crippen LogP contribution in [-0.2, 0) is 32.6 Å². The topological polar surface area (TPSA) is 105 Å². The number of hydrogen-bond acceptors (Lipinski definition) is 6. The lowest BCUT2D eigenvalue weighted by Gasteiger charge is -2.34. The van der Waals surface area contributed by atoms with Crippen LogP contribution in [0.4, 0.5) is 5.69 Å². The molecule has 4 aromatic carbocycles. The number of hydrogen-bond donors (Lipinski definition) is 1. The molecule has 0 bridgehead atoms. The van der Waals surface area contributed by atoms with Crippen LogP contribution in [0.3, 0.4) is 0 Å². The number of amides is 2. The number of benzene rings is 4. The Bertz CT molecular complexity index is 1850. The summed E-state index contributed by atoms with van der Waals surface area (Å²) in [4.78, 5) is 30.3. The summed E-state index contributed by atoms with van der Waals surface area (Å²) < 4.78 is 40.7. The van der Waals surface area contributed by atoms with Gasteiger partial charge < -0.3 is 19.7 Å². The van der Waals surface area contributed by atoms with Gasteiger partial charge in [0, 0.05) is 30.1 Å². The van der Waals surface area contributed by atoms with Gasteiger partial charge in [-0.15, -0.1) is 0 Å². The fourth-order valence-corrected chi connectivity index (χ4v) is 7.70. The molecule has 1 saturated carbocycles. The molecule has 0 aromatic heterocycles. The third-order valence-corrected chi connectivity index (χ3v) is 11.0. The van der Waals surface area contributed by atoms with Crippen molar-refractivity contribution in [1.82, 2.24) is 10.2 Å². The standard InChI is InChI=1S/C38H42ClN3O6S/c1-27-17-19-31(20-18-27)42(49(45,46)32-21-22-35(47-2)36(24-32)48-3)26-37(43)41(25-29-13-7-10-16-33(29)39)34(23-28-11-5-4-6-12-28)38(44)40-30-14-8-9-15-30/h4-7,10-13,16-22,24,30,34H,8-9,14-15,23,25-26H2,1-3H3,(H,40,44)/t34-/m0/s1. The van der Waals surface area contributed by atoms with E-state index in [4.69, 9.17) is 21.1 Å². The predicted molar refractivity (Wildman–Crippen MR) is 192 cm³/mol. The van der Waals surface area contributed by atoms with Crippen LogP contribution < -0.4 is 19.1 Å². The molecule has 0 aliphatic heterocycles. The largest absolute Gasteiger partial charge is 0.493 e. The summed E-state index contributed by atoms with van der Waals surface area (Å²) in [7, 11) is -1.45. The van der Waals surface area contributed by atoms with Gasteiger partial charge in [0.2, 0.25) is 11.8 Å². The van der Waals surface area contributed by atoms with Gasteiger partial charge in [0.05, 0.1) is 24.8 Å². The van der Waals surface area contributed by atoms with Crippen molar-refractivity contribution in [3.8, 4) is 11.5 Å². The Morgan fingerprint density at radius 3 is 2.18 bits per heavy atom. The highest BCUT2D eigenvalue weighted by Gasteiger charge is 2.36. The van der Waals surface area contributed by atoms with Crippen LogP contribution in [0.15, 0.2) is 102 Å². The molecule has 11 heteroatoms. The van der Waals surface area contributed by atoms with Crippen molar-refractivity contribution in [3.63, 3.8) is 0 Å². The Hall–Kier alpha value is -4.54. The second-order valence-corrected chi connectivity index (χ2v) is 14.4. The third kappa shape index (κ3) is 8.74. The number of nitrogens with one attached hydrogen (secondary N) is 1. The minimum Gasteiger partial charge on any atom is -0.493 e. The molecule has 49 heavy (non-hydrogen) atoms. The maximum atomic E-state index is 14.7. The number of anilines is 1. The molecule has 1 aliphatic carbocycles. The van der Waals surface area contributed by atoms with E-state index in [0.717, 1.165) is 41.1 Å². The van der Waals surface area contributed by atoms with Crippen molar-refractivity contribution in [2.75, 3.05) is 25.1 Å². The van der Waals surface area contributed by atoms with Crippen molar-refractivity contribution in [2.45, 2.75) is 62.6 Å². The molecule has 0 unspecified atom stereocenters. The lowest BCUT2D eigenvalue weighted by molar-refractivity contribution is -0.140. The van der Waals surface area contributed by atoms with E-state index >= 15 is 0 Å². The molecular weight excluding hydrogens is 662 g/mol. The van der Waals surface area contributed by atoms with Gasteiger partial charge in [0.15, 0.2) is 11.5 Å². The molecule has 1 fully saturated rings. The molecule has 1 N–H and O–H groups in total. The molecule has 258 valence electrons. The normalized spacial score (nSPS) is 13.8. The van der Waals surface area contributed by atoms with Gasteiger partial charge in [0.25, 0.3) is 10.0 Å². The van der Waals surface area contributed by atoms with Gasteiger partial charge in [-0.25, -0.2) is 8.42 Å². The summed E-state index contributed by atoms with van der Waals surface area (Å²) in [5.74, 6) is -0.263. The molecule has 0 spiro atoms. The number of sulfonamides is 1. The number of rotatable bonds is 14. The number of ether oxygens (including phenoxy) is 2. The predicted octanol–water partition coefficient (Wildman–Crippen LogP) is 6.56. The lowest BCUT2D eigenvalue weighted by atomic mass is 10.0. The van der Waals surface area contributed by atoms with Crippen LogP contribution >= 0.6 is 11.6 Å². The highest BCUT2D eigenvalue weighted by molar-refractivity contribution is 7.92. The highest BCUT2D eigenvalue weighted by Crippen LogP contribution is 2.33. The van der Waals surface area contributed by atoms with E-state index in [1.807, 2.05) is 43.3 Å². The summed E-state index contributed by atoms with van der Waals surface area (Å²) in [6.45, 7) is 1.31. The third-order valence-electron chi connectivity index (χ3n) is 8.81. The Morgan fingerprint density at radius 1 is 0.878 bits per heavy atom. The first-order valence-electron chi connectivity index (χ1n) is 16.3. The Balaban J connectivity index is 1.59. The van der Waals surface area contributed by atoms with Gasteiger partial charge in [-0.05, 0) is 61.2 Å². The first kappa shape index (κ1) is 35.8. The summed E-state index contributed by atoms with van der Waals surface area (Å²) >= 11 is 6.61. The van der Waals surface area contributed by atoms with Gasteiger partial charge in [0.1, 0.15) is 12.6 Å². The van der Waals surface area contributed by atoms with E-state index in [2.05, 4.69) is 5.32 Å². The van der Waals surface area contributed by atoms with Crippen LogP contribution in [0.1, 0.15) is 42.4 Å².